The lowest BCUT2D eigenvalue weighted by Gasteiger charge is -2.07. The molecule has 3 nitrogen and oxygen atoms in total. The topological polar surface area (TPSA) is 38.8 Å². The van der Waals surface area contributed by atoms with Gasteiger partial charge in [0.15, 0.2) is 0 Å². The van der Waals surface area contributed by atoms with Crippen molar-refractivity contribution in [2.45, 2.75) is 37.4 Å². The minimum Gasteiger partial charge on any atom is -0.462 e. The zero-order valence-corrected chi connectivity index (χ0v) is 7.62. The molecule has 1 saturated heterocycles. The molecule has 13 heavy (non-hydrogen) atoms. The molecule has 1 aliphatic carbocycles. The Morgan fingerprint density at radius 2 is 2.62 bits per heavy atom. The third-order valence-corrected chi connectivity index (χ3v) is 2.91. The van der Waals surface area contributed by atoms with Crippen LogP contribution in [-0.4, -0.2) is 24.3 Å². The lowest BCUT2D eigenvalue weighted by atomic mass is 10.0. The van der Waals surface area contributed by atoms with Gasteiger partial charge in [0.1, 0.15) is 0 Å². The van der Waals surface area contributed by atoms with E-state index in [4.69, 9.17) is 9.47 Å². The van der Waals surface area contributed by atoms with Gasteiger partial charge < -0.3 is 9.47 Å². The highest BCUT2D eigenvalue weighted by molar-refractivity contribution is 5.81. The first-order valence-corrected chi connectivity index (χ1v) is 4.74. The van der Waals surface area contributed by atoms with Gasteiger partial charge in [-0.05, 0) is 19.3 Å². The fraction of sp³-hybridized carbons (Fsp3) is 0.700. The molecule has 2 fully saturated rings. The molecule has 0 spiro atoms. The summed E-state index contributed by atoms with van der Waals surface area (Å²) >= 11 is 0. The molecular formula is C10H14O3. The van der Waals surface area contributed by atoms with Crippen molar-refractivity contribution in [2.75, 3.05) is 6.61 Å². The van der Waals surface area contributed by atoms with Crippen LogP contribution in [0.1, 0.15) is 25.7 Å². The molecule has 1 heterocycles. The average molecular weight is 182 g/mol. The number of carbonyl (C=O) groups excluding carboxylic acids is 1. The fourth-order valence-corrected chi connectivity index (χ4v) is 2.11. The van der Waals surface area contributed by atoms with E-state index in [-0.39, 0.29) is 11.6 Å². The Kier molecular flexibility index (Phi) is 2.12. The Morgan fingerprint density at radius 1 is 1.77 bits per heavy atom. The van der Waals surface area contributed by atoms with E-state index in [0.717, 1.165) is 12.8 Å². The summed E-state index contributed by atoms with van der Waals surface area (Å²) in [4.78, 5) is 10.7. The minimum absolute atomic E-state index is 0.0848. The molecule has 2 aliphatic rings. The average Bonchev–Trinajstić information content (AvgIpc) is 2.68. The lowest BCUT2D eigenvalue weighted by molar-refractivity contribution is -0.138. The number of esters is 1. The van der Waals surface area contributed by atoms with E-state index in [0.29, 0.717) is 12.7 Å². The Balaban J connectivity index is 1.69. The maximum atomic E-state index is 10.7. The molecule has 0 aromatic carbocycles. The van der Waals surface area contributed by atoms with Crippen LogP contribution in [-0.2, 0) is 14.3 Å². The van der Waals surface area contributed by atoms with Gasteiger partial charge in [0.25, 0.3) is 0 Å². The monoisotopic (exact) mass is 182 g/mol. The van der Waals surface area contributed by atoms with Gasteiger partial charge in [0.2, 0.25) is 0 Å². The highest BCUT2D eigenvalue weighted by atomic mass is 16.6. The summed E-state index contributed by atoms with van der Waals surface area (Å²) in [7, 11) is 0. The maximum absolute atomic E-state index is 10.7. The highest BCUT2D eigenvalue weighted by Crippen LogP contribution is 2.51. The van der Waals surface area contributed by atoms with Crippen molar-refractivity contribution < 1.29 is 14.3 Å². The van der Waals surface area contributed by atoms with Gasteiger partial charge >= 0.3 is 5.97 Å². The molecule has 2 atom stereocenters. The standard InChI is InChI=1S/C10H14O3/c1-2-9(11)12-7-6-10-5-3-4-8(10)13-10/h2,8H,1,3-7H2. The predicted molar refractivity (Wildman–Crippen MR) is 47.2 cm³/mol. The molecule has 2 rings (SSSR count). The van der Waals surface area contributed by atoms with Gasteiger partial charge in [-0.25, -0.2) is 4.79 Å². The predicted octanol–water partition coefficient (Wildman–Crippen LogP) is 1.43. The van der Waals surface area contributed by atoms with E-state index in [1.54, 1.807) is 0 Å². The Labute approximate surface area is 77.7 Å². The Morgan fingerprint density at radius 3 is 3.15 bits per heavy atom. The lowest BCUT2D eigenvalue weighted by Crippen LogP contribution is -2.14. The van der Waals surface area contributed by atoms with Gasteiger partial charge in [0.05, 0.1) is 18.3 Å². The number of fused-ring (bicyclic) bond motifs is 1. The summed E-state index contributed by atoms with van der Waals surface area (Å²) in [6, 6.07) is 0. The Hall–Kier alpha value is -0.830. The molecule has 1 aliphatic heterocycles. The van der Waals surface area contributed by atoms with Crippen LogP contribution in [0.2, 0.25) is 0 Å². The number of hydrogen-bond donors (Lipinski definition) is 0. The molecule has 72 valence electrons. The second-order valence-electron chi connectivity index (χ2n) is 3.69. The van der Waals surface area contributed by atoms with Gasteiger partial charge in [0, 0.05) is 12.5 Å². The van der Waals surface area contributed by atoms with E-state index in [2.05, 4.69) is 6.58 Å². The molecule has 0 bridgehead atoms. The smallest absolute Gasteiger partial charge is 0.330 e. The van der Waals surface area contributed by atoms with Crippen molar-refractivity contribution in [2.24, 2.45) is 0 Å². The van der Waals surface area contributed by atoms with Crippen LogP contribution in [0, 0.1) is 0 Å². The molecule has 3 heteroatoms. The van der Waals surface area contributed by atoms with Crippen LogP contribution in [0.15, 0.2) is 12.7 Å². The summed E-state index contributed by atoms with van der Waals surface area (Å²) in [6.07, 6.45) is 6.04. The summed E-state index contributed by atoms with van der Waals surface area (Å²) < 4.78 is 10.4. The second kappa shape index (κ2) is 3.14. The van der Waals surface area contributed by atoms with Crippen LogP contribution in [0.5, 0.6) is 0 Å². The van der Waals surface area contributed by atoms with Gasteiger partial charge in [-0.3, -0.25) is 0 Å². The molecular weight excluding hydrogens is 168 g/mol. The largest absolute Gasteiger partial charge is 0.462 e. The maximum Gasteiger partial charge on any atom is 0.330 e. The molecule has 0 amide bonds. The molecule has 2 unspecified atom stereocenters. The first-order chi connectivity index (χ1) is 6.27. The Bertz CT molecular complexity index is 236. The summed E-state index contributed by atoms with van der Waals surface area (Å²) in [5, 5.41) is 0. The number of epoxide rings is 1. The van der Waals surface area contributed by atoms with Crippen molar-refractivity contribution in [3.05, 3.63) is 12.7 Å². The first kappa shape index (κ1) is 8.75. The van der Waals surface area contributed by atoms with E-state index >= 15 is 0 Å². The molecule has 0 radical (unpaired) electrons. The SMILES string of the molecule is C=CC(=O)OCCC12CCCC1O2. The number of ether oxygens (including phenoxy) is 2. The minimum atomic E-state index is -0.341. The van der Waals surface area contributed by atoms with E-state index in [9.17, 15) is 4.79 Å². The third-order valence-electron chi connectivity index (χ3n) is 2.91. The van der Waals surface area contributed by atoms with Crippen molar-refractivity contribution in [3.8, 4) is 0 Å². The first-order valence-electron chi connectivity index (χ1n) is 4.74. The number of rotatable bonds is 4. The van der Waals surface area contributed by atoms with E-state index in [1.807, 2.05) is 0 Å². The molecule has 0 aromatic heterocycles. The highest BCUT2D eigenvalue weighted by Gasteiger charge is 2.58. The quantitative estimate of drug-likeness (QED) is 0.375. The zero-order chi connectivity index (χ0) is 9.31. The van der Waals surface area contributed by atoms with Crippen molar-refractivity contribution in [3.63, 3.8) is 0 Å². The second-order valence-corrected chi connectivity index (χ2v) is 3.69. The van der Waals surface area contributed by atoms with Crippen LogP contribution < -0.4 is 0 Å². The van der Waals surface area contributed by atoms with Crippen LogP contribution in [0.4, 0.5) is 0 Å². The normalized spacial score (nSPS) is 35.2. The van der Waals surface area contributed by atoms with Crippen LogP contribution in [0.3, 0.4) is 0 Å². The van der Waals surface area contributed by atoms with Crippen molar-refractivity contribution in [1.29, 1.82) is 0 Å². The summed E-state index contributed by atoms with van der Waals surface area (Å²) in [5.74, 6) is -0.341. The fourth-order valence-electron chi connectivity index (χ4n) is 2.11. The van der Waals surface area contributed by atoms with Crippen molar-refractivity contribution >= 4 is 5.97 Å². The van der Waals surface area contributed by atoms with Gasteiger partial charge in [-0.2, -0.15) is 0 Å². The molecule has 0 N–H and O–H groups in total. The molecule has 1 saturated carbocycles. The summed E-state index contributed by atoms with van der Waals surface area (Å²) in [5.41, 5.74) is 0.0848. The van der Waals surface area contributed by atoms with Crippen LogP contribution >= 0.6 is 0 Å². The number of hydrogen-bond acceptors (Lipinski definition) is 3. The van der Waals surface area contributed by atoms with Gasteiger partial charge in [-0.15, -0.1) is 0 Å². The van der Waals surface area contributed by atoms with E-state index < -0.39 is 0 Å². The van der Waals surface area contributed by atoms with Crippen LogP contribution in [0.25, 0.3) is 0 Å². The van der Waals surface area contributed by atoms with Gasteiger partial charge in [-0.1, -0.05) is 6.58 Å². The third kappa shape index (κ3) is 1.61. The summed E-state index contributed by atoms with van der Waals surface area (Å²) in [6.45, 7) is 3.79. The number of carbonyl (C=O) groups is 1. The zero-order valence-electron chi connectivity index (χ0n) is 7.62. The molecule has 0 aromatic rings. The van der Waals surface area contributed by atoms with E-state index in [1.165, 1.54) is 18.9 Å². The van der Waals surface area contributed by atoms with Crippen molar-refractivity contribution in [1.82, 2.24) is 0 Å².